The molecule has 0 aromatic heterocycles. The van der Waals surface area contributed by atoms with Crippen LogP contribution in [0.2, 0.25) is 0 Å². The van der Waals surface area contributed by atoms with Crippen LogP contribution in [0.3, 0.4) is 0 Å². The van der Waals surface area contributed by atoms with Crippen LogP contribution in [0.4, 0.5) is 13.2 Å². The second-order valence-electron chi connectivity index (χ2n) is 3.03. The number of carbonyl (C=O) groups excluding carboxylic acids is 1. The fraction of sp³-hybridized carbons (Fsp3) is 0.300. The molecule has 0 aliphatic heterocycles. The molecule has 0 radical (unpaired) electrons. The van der Waals surface area contributed by atoms with Crippen LogP contribution in [0.25, 0.3) is 0 Å². The van der Waals surface area contributed by atoms with E-state index >= 15 is 0 Å². The molecular formula is C10H8BrF3O3. The highest BCUT2D eigenvalue weighted by Gasteiger charge is 2.33. The molecule has 0 amide bonds. The molecule has 0 saturated heterocycles. The Morgan fingerprint density at radius 1 is 1.41 bits per heavy atom. The summed E-state index contributed by atoms with van der Waals surface area (Å²) in [5.41, 5.74) is 0.101. The summed E-state index contributed by atoms with van der Waals surface area (Å²) in [4.78, 5) is 11.0. The Kier molecular flexibility index (Phi) is 4.39. The SMILES string of the molecule is COC(=O)Cc1cccc(Br)c1OC(F)(F)F. The van der Waals surface area contributed by atoms with E-state index in [2.05, 4.69) is 25.4 Å². The molecule has 0 bridgehead atoms. The number of hydrogen-bond donors (Lipinski definition) is 0. The number of alkyl halides is 3. The number of hydrogen-bond acceptors (Lipinski definition) is 3. The number of carbonyl (C=O) groups is 1. The van der Waals surface area contributed by atoms with Gasteiger partial charge in [-0.25, -0.2) is 0 Å². The summed E-state index contributed by atoms with van der Waals surface area (Å²) in [6, 6.07) is 4.26. The lowest BCUT2D eigenvalue weighted by atomic mass is 10.1. The average molecular weight is 313 g/mol. The van der Waals surface area contributed by atoms with Crippen LogP contribution in [0, 0.1) is 0 Å². The molecule has 0 aliphatic rings. The molecule has 0 saturated carbocycles. The molecule has 1 rings (SSSR count). The minimum absolute atomic E-state index is 0.101. The van der Waals surface area contributed by atoms with Gasteiger partial charge in [-0.15, -0.1) is 13.2 Å². The van der Waals surface area contributed by atoms with E-state index in [0.29, 0.717) is 0 Å². The van der Waals surface area contributed by atoms with Crippen molar-refractivity contribution in [1.82, 2.24) is 0 Å². The Bertz CT molecular complexity index is 418. The number of rotatable bonds is 3. The van der Waals surface area contributed by atoms with Gasteiger partial charge in [0.25, 0.3) is 0 Å². The lowest BCUT2D eigenvalue weighted by Gasteiger charge is -2.14. The highest BCUT2D eigenvalue weighted by atomic mass is 79.9. The number of methoxy groups -OCH3 is 1. The minimum Gasteiger partial charge on any atom is -0.469 e. The number of ether oxygens (including phenoxy) is 2. The van der Waals surface area contributed by atoms with E-state index in [4.69, 9.17) is 0 Å². The van der Waals surface area contributed by atoms with Crippen molar-refractivity contribution in [2.24, 2.45) is 0 Å². The standard InChI is InChI=1S/C10H8BrF3O3/c1-16-8(15)5-6-3-2-4-7(11)9(6)17-10(12,13)14/h2-4H,5H2,1H3. The van der Waals surface area contributed by atoms with Gasteiger partial charge in [-0.1, -0.05) is 12.1 Å². The van der Waals surface area contributed by atoms with Crippen molar-refractivity contribution < 1.29 is 27.4 Å². The zero-order valence-electron chi connectivity index (χ0n) is 8.68. The topological polar surface area (TPSA) is 35.5 Å². The van der Waals surface area contributed by atoms with Gasteiger partial charge in [0.2, 0.25) is 0 Å². The number of esters is 1. The summed E-state index contributed by atoms with van der Waals surface area (Å²) >= 11 is 2.93. The van der Waals surface area contributed by atoms with Crippen LogP contribution >= 0.6 is 15.9 Å². The molecule has 0 atom stereocenters. The van der Waals surface area contributed by atoms with Gasteiger partial charge in [0.15, 0.2) is 0 Å². The van der Waals surface area contributed by atoms with Crippen LogP contribution in [-0.4, -0.2) is 19.4 Å². The fourth-order valence-electron chi connectivity index (χ4n) is 1.15. The van der Waals surface area contributed by atoms with Gasteiger partial charge < -0.3 is 9.47 Å². The van der Waals surface area contributed by atoms with E-state index < -0.39 is 18.1 Å². The van der Waals surface area contributed by atoms with E-state index in [-0.39, 0.29) is 16.5 Å². The summed E-state index contributed by atoms with van der Waals surface area (Å²) in [6.07, 6.45) is -5.10. The maximum Gasteiger partial charge on any atom is 0.573 e. The summed E-state index contributed by atoms with van der Waals surface area (Å²) in [7, 11) is 1.16. The highest BCUT2D eigenvalue weighted by Crippen LogP contribution is 2.34. The van der Waals surface area contributed by atoms with Gasteiger partial charge in [-0.2, -0.15) is 0 Å². The third kappa shape index (κ3) is 4.26. The molecule has 3 nitrogen and oxygen atoms in total. The maximum absolute atomic E-state index is 12.2. The molecule has 0 N–H and O–H groups in total. The largest absolute Gasteiger partial charge is 0.573 e. The van der Waals surface area contributed by atoms with E-state index in [1.807, 2.05) is 0 Å². The maximum atomic E-state index is 12.2. The van der Waals surface area contributed by atoms with E-state index in [9.17, 15) is 18.0 Å². The van der Waals surface area contributed by atoms with Crippen LogP contribution in [0.1, 0.15) is 5.56 Å². The third-order valence-corrected chi connectivity index (χ3v) is 2.45. The predicted octanol–water partition coefficient (Wildman–Crippen LogP) is 3.06. The average Bonchev–Trinajstić information content (AvgIpc) is 2.21. The molecule has 0 spiro atoms. The predicted molar refractivity (Wildman–Crippen MR) is 56.5 cm³/mol. The minimum atomic E-state index is -4.81. The lowest BCUT2D eigenvalue weighted by molar-refractivity contribution is -0.275. The van der Waals surface area contributed by atoms with Crippen molar-refractivity contribution >= 4 is 21.9 Å². The van der Waals surface area contributed by atoms with Crippen LogP contribution in [0.15, 0.2) is 22.7 Å². The third-order valence-electron chi connectivity index (χ3n) is 1.83. The number of halogens is 4. The molecule has 94 valence electrons. The molecule has 17 heavy (non-hydrogen) atoms. The van der Waals surface area contributed by atoms with E-state index in [0.717, 1.165) is 7.11 Å². The Balaban J connectivity index is 3.04. The molecular weight excluding hydrogens is 305 g/mol. The number of benzene rings is 1. The normalized spacial score (nSPS) is 11.1. The first-order valence-corrected chi connectivity index (χ1v) is 5.22. The summed E-state index contributed by atoms with van der Waals surface area (Å²) in [6.45, 7) is 0. The molecule has 0 aliphatic carbocycles. The van der Waals surface area contributed by atoms with Crippen molar-refractivity contribution in [3.05, 3.63) is 28.2 Å². The molecule has 0 unspecified atom stereocenters. The summed E-state index contributed by atoms with van der Waals surface area (Å²) in [5.74, 6) is -1.07. The van der Waals surface area contributed by atoms with Gasteiger partial charge in [-0.3, -0.25) is 4.79 Å². The summed E-state index contributed by atoms with van der Waals surface area (Å²) in [5, 5.41) is 0. The second-order valence-corrected chi connectivity index (χ2v) is 3.88. The van der Waals surface area contributed by atoms with E-state index in [1.165, 1.54) is 18.2 Å². The zero-order valence-corrected chi connectivity index (χ0v) is 10.3. The van der Waals surface area contributed by atoms with Gasteiger partial charge in [0, 0.05) is 5.56 Å². The Labute approximate surface area is 104 Å². The van der Waals surface area contributed by atoms with Gasteiger partial charge in [0.05, 0.1) is 18.0 Å². The Hall–Kier alpha value is -1.24. The smallest absolute Gasteiger partial charge is 0.469 e. The van der Waals surface area contributed by atoms with Crippen molar-refractivity contribution in [2.75, 3.05) is 7.11 Å². The van der Waals surface area contributed by atoms with Crippen molar-refractivity contribution in [3.63, 3.8) is 0 Å². The van der Waals surface area contributed by atoms with Gasteiger partial charge in [-0.05, 0) is 22.0 Å². The molecule has 1 aromatic carbocycles. The summed E-state index contributed by atoms with van der Waals surface area (Å²) < 4.78 is 44.8. The van der Waals surface area contributed by atoms with Crippen LogP contribution in [0.5, 0.6) is 5.75 Å². The fourth-order valence-corrected chi connectivity index (χ4v) is 1.64. The highest BCUT2D eigenvalue weighted by molar-refractivity contribution is 9.10. The molecule has 1 aromatic rings. The molecule has 7 heteroatoms. The van der Waals surface area contributed by atoms with E-state index in [1.54, 1.807) is 0 Å². The Morgan fingerprint density at radius 3 is 2.59 bits per heavy atom. The van der Waals surface area contributed by atoms with Crippen LogP contribution < -0.4 is 4.74 Å². The monoisotopic (exact) mass is 312 g/mol. The first-order chi connectivity index (χ1) is 7.83. The van der Waals surface area contributed by atoms with Gasteiger partial charge in [0.1, 0.15) is 5.75 Å². The second kappa shape index (κ2) is 5.39. The Morgan fingerprint density at radius 2 is 2.06 bits per heavy atom. The van der Waals surface area contributed by atoms with Crippen molar-refractivity contribution in [2.45, 2.75) is 12.8 Å². The number of para-hydroxylation sites is 1. The van der Waals surface area contributed by atoms with Gasteiger partial charge >= 0.3 is 12.3 Å². The zero-order chi connectivity index (χ0) is 13.1. The molecule has 0 heterocycles. The first-order valence-electron chi connectivity index (χ1n) is 4.43. The first kappa shape index (κ1) is 13.8. The van der Waals surface area contributed by atoms with Crippen LogP contribution in [-0.2, 0) is 16.0 Å². The molecule has 0 fully saturated rings. The lowest BCUT2D eigenvalue weighted by Crippen LogP contribution is -2.19. The quantitative estimate of drug-likeness (QED) is 0.805. The van der Waals surface area contributed by atoms with Crippen molar-refractivity contribution in [3.8, 4) is 5.75 Å². The van der Waals surface area contributed by atoms with Crippen molar-refractivity contribution in [1.29, 1.82) is 0 Å².